The Hall–Kier alpha value is -2.30. The quantitative estimate of drug-likeness (QED) is 0.798. The molecule has 2 rings (SSSR count). The van der Waals surface area contributed by atoms with Crippen LogP contribution in [0.5, 0.6) is 0 Å². The third-order valence-electron chi connectivity index (χ3n) is 2.88. The Morgan fingerprint density at radius 2 is 2.22 bits per heavy atom. The summed E-state index contributed by atoms with van der Waals surface area (Å²) in [7, 11) is 1.84. The van der Waals surface area contributed by atoms with Crippen molar-refractivity contribution in [2.45, 2.75) is 13.5 Å². The Kier molecular flexibility index (Phi) is 3.32. The molecule has 0 radical (unpaired) electrons. The number of carbonyl (C=O) groups is 1. The van der Waals surface area contributed by atoms with Crippen molar-refractivity contribution in [1.29, 1.82) is 0 Å². The molecule has 0 fully saturated rings. The first-order valence-corrected chi connectivity index (χ1v) is 5.69. The molecule has 1 aromatic carbocycles. The molecule has 5 nitrogen and oxygen atoms in total. The van der Waals surface area contributed by atoms with E-state index in [4.69, 9.17) is 5.73 Å². The van der Waals surface area contributed by atoms with E-state index in [1.54, 1.807) is 29.1 Å². The van der Waals surface area contributed by atoms with E-state index < -0.39 is 0 Å². The molecule has 1 heterocycles. The Balaban J connectivity index is 2.04. The highest BCUT2D eigenvalue weighted by Gasteiger charge is 2.07. The van der Waals surface area contributed by atoms with Crippen molar-refractivity contribution in [1.82, 2.24) is 15.1 Å². The summed E-state index contributed by atoms with van der Waals surface area (Å²) in [5.74, 6) is -0.112. The number of nitrogen functional groups attached to an aromatic ring is 1. The number of hydrogen-bond acceptors (Lipinski definition) is 3. The van der Waals surface area contributed by atoms with Gasteiger partial charge in [-0.2, -0.15) is 5.10 Å². The fourth-order valence-corrected chi connectivity index (χ4v) is 1.66. The SMILES string of the molecule is Cc1cc(C(=O)NCc2ccnn2C)ccc1N. The predicted octanol–water partition coefficient (Wildman–Crippen LogP) is 1.24. The molecule has 0 aliphatic carbocycles. The van der Waals surface area contributed by atoms with Crippen LogP contribution in [0.2, 0.25) is 0 Å². The van der Waals surface area contributed by atoms with Gasteiger partial charge in [0, 0.05) is 24.5 Å². The fraction of sp³-hybridized carbons (Fsp3) is 0.231. The summed E-state index contributed by atoms with van der Waals surface area (Å²) in [5.41, 5.74) is 8.88. The largest absolute Gasteiger partial charge is 0.399 e. The number of amides is 1. The molecule has 1 amide bonds. The molecule has 5 heteroatoms. The normalized spacial score (nSPS) is 10.3. The van der Waals surface area contributed by atoms with E-state index in [0.717, 1.165) is 11.3 Å². The molecular weight excluding hydrogens is 228 g/mol. The third kappa shape index (κ3) is 2.51. The van der Waals surface area contributed by atoms with E-state index in [1.165, 1.54) is 0 Å². The number of anilines is 1. The van der Waals surface area contributed by atoms with Gasteiger partial charge >= 0.3 is 0 Å². The number of rotatable bonds is 3. The van der Waals surface area contributed by atoms with Crippen LogP contribution in [0, 0.1) is 6.92 Å². The van der Waals surface area contributed by atoms with Gasteiger partial charge in [-0.1, -0.05) is 0 Å². The summed E-state index contributed by atoms with van der Waals surface area (Å²) in [4.78, 5) is 11.9. The lowest BCUT2D eigenvalue weighted by atomic mass is 10.1. The van der Waals surface area contributed by atoms with Crippen molar-refractivity contribution >= 4 is 11.6 Å². The lowest BCUT2D eigenvalue weighted by Crippen LogP contribution is -2.24. The second-order valence-electron chi connectivity index (χ2n) is 4.20. The van der Waals surface area contributed by atoms with Crippen molar-refractivity contribution in [2.24, 2.45) is 7.05 Å². The van der Waals surface area contributed by atoms with Crippen molar-refractivity contribution in [2.75, 3.05) is 5.73 Å². The number of nitrogens with zero attached hydrogens (tertiary/aromatic N) is 2. The van der Waals surface area contributed by atoms with Crippen molar-refractivity contribution in [3.63, 3.8) is 0 Å². The van der Waals surface area contributed by atoms with E-state index in [9.17, 15) is 4.79 Å². The highest BCUT2D eigenvalue weighted by atomic mass is 16.1. The van der Waals surface area contributed by atoms with Crippen molar-refractivity contribution in [3.05, 3.63) is 47.3 Å². The number of nitrogens with two attached hydrogens (primary N) is 1. The second-order valence-corrected chi connectivity index (χ2v) is 4.20. The molecule has 1 aromatic heterocycles. The molecule has 0 aliphatic rings. The zero-order chi connectivity index (χ0) is 13.1. The van der Waals surface area contributed by atoms with Gasteiger partial charge in [-0.05, 0) is 36.8 Å². The van der Waals surface area contributed by atoms with E-state index in [-0.39, 0.29) is 5.91 Å². The number of hydrogen-bond donors (Lipinski definition) is 2. The standard InChI is InChI=1S/C13H16N4O/c1-9-7-10(3-4-12(9)14)13(18)15-8-11-5-6-16-17(11)2/h3-7H,8,14H2,1-2H3,(H,15,18). The van der Waals surface area contributed by atoms with Crippen LogP contribution in [0.25, 0.3) is 0 Å². The fourth-order valence-electron chi connectivity index (χ4n) is 1.66. The zero-order valence-electron chi connectivity index (χ0n) is 10.5. The van der Waals surface area contributed by atoms with Gasteiger partial charge in [-0.3, -0.25) is 9.48 Å². The maximum atomic E-state index is 11.9. The molecular formula is C13H16N4O. The summed E-state index contributed by atoms with van der Waals surface area (Å²) >= 11 is 0. The number of benzene rings is 1. The summed E-state index contributed by atoms with van der Waals surface area (Å²) < 4.78 is 1.73. The number of aromatic nitrogens is 2. The van der Waals surface area contributed by atoms with Crippen LogP contribution >= 0.6 is 0 Å². The number of nitrogens with one attached hydrogen (secondary N) is 1. The number of carbonyl (C=O) groups excluding carboxylic acids is 1. The number of aryl methyl sites for hydroxylation is 2. The second kappa shape index (κ2) is 4.91. The molecule has 0 saturated carbocycles. The van der Waals surface area contributed by atoms with E-state index >= 15 is 0 Å². The lowest BCUT2D eigenvalue weighted by molar-refractivity contribution is 0.0950. The van der Waals surface area contributed by atoms with Gasteiger partial charge in [-0.25, -0.2) is 0 Å². The lowest BCUT2D eigenvalue weighted by Gasteiger charge is -2.07. The van der Waals surface area contributed by atoms with Crippen LogP contribution in [0.3, 0.4) is 0 Å². The van der Waals surface area contributed by atoms with Crippen molar-refractivity contribution in [3.8, 4) is 0 Å². The Bertz CT molecular complexity index is 574. The first-order chi connectivity index (χ1) is 8.58. The molecule has 0 bridgehead atoms. The van der Waals surface area contributed by atoms with Gasteiger partial charge in [0.1, 0.15) is 0 Å². The highest BCUT2D eigenvalue weighted by Crippen LogP contribution is 2.12. The maximum Gasteiger partial charge on any atom is 0.251 e. The van der Waals surface area contributed by atoms with Crippen LogP contribution in [0.15, 0.2) is 30.5 Å². The average Bonchev–Trinajstić information content (AvgIpc) is 2.75. The van der Waals surface area contributed by atoms with Gasteiger partial charge < -0.3 is 11.1 Å². The highest BCUT2D eigenvalue weighted by molar-refractivity contribution is 5.94. The predicted molar refractivity (Wildman–Crippen MR) is 70.0 cm³/mol. The van der Waals surface area contributed by atoms with Gasteiger partial charge in [0.15, 0.2) is 0 Å². The smallest absolute Gasteiger partial charge is 0.251 e. The molecule has 0 saturated heterocycles. The minimum absolute atomic E-state index is 0.112. The first kappa shape index (κ1) is 12.2. The third-order valence-corrected chi connectivity index (χ3v) is 2.88. The maximum absolute atomic E-state index is 11.9. The Morgan fingerprint density at radius 1 is 1.44 bits per heavy atom. The zero-order valence-corrected chi connectivity index (χ0v) is 10.5. The van der Waals surface area contributed by atoms with E-state index in [2.05, 4.69) is 10.4 Å². The van der Waals surface area contributed by atoms with Crippen LogP contribution < -0.4 is 11.1 Å². The summed E-state index contributed by atoms with van der Waals surface area (Å²) in [6, 6.07) is 7.12. The van der Waals surface area contributed by atoms with Gasteiger partial charge in [0.05, 0.1) is 12.2 Å². The summed E-state index contributed by atoms with van der Waals surface area (Å²) in [6.45, 7) is 2.34. The van der Waals surface area contributed by atoms with Crippen LogP contribution in [-0.2, 0) is 13.6 Å². The van der Waals surface area contributed by atoms with E-state index in [0.29, 0.717) is 17.8 Å². The first-order valence-electron chi connectivity index (χ1n) is 5.69. The molecule has 0 spiro atoms. The summed E-state index contributed by atoms with van der Waals surface area (Å²) in [5, 5.41) is 6.89. The Morgan fingerprint density at radius 3 is 2.83 bits per heavy atom. The molecule has 94 valence electrons. The van der Waals surface area contributed by atoms with Gasteiger partial charge in [0.25, 0.3) is 5.91 Å². The minimum Gasteiger partial charge on any atom is -0.399 e. The minimum atomic E-state index is -0.112. The molecule has 18 heavy (non-hydrogen) atoms. The summed E-state index contributed by atoms with van der Waals surface area (Å²) in [6.07, 6.45) is 1.70. The van der Waals surface area contributed by atoms with E-state index in [1.807, 2.05) is 20.0 Å². The van der Waals surface area contributed by atoms with Gasteiger partial charge in [0.2, 0.25) is 0 Å². The average molecular weight is 244 g/mol. The molecule has 0 unspecified atom stereocenters. The van der Waals surface area contributed by atoms with Crippen LogP contribution in [0.4, 0.5) is 5.69 Å². The molecule has 3 N–H and O–H groups in total. The van der Waals surface area contributed by atoms with Gasteiger partial charge in [-0.15, -0.1) is 0 Å². The monoisotopic (exact) mass is 244 g/mol. The molecule has 0 aliphatic heterocycles. The molecule has 2 aromatic rings. The van der Waals surface area contributed by atoms with Crippen molar-refractivity contribution < 1.29 is 4.79 Å². The molecule has 0 atom stereocenters. The van der Waals surface area contributed by atoms with Crippen LogP contribution in [-0.4, -0.2) is 15.7 Å². The topological polar surface area (TPSA) is 72.9 Å². The Labute approximate surface area is 106 Å². The van der Waals surface area contributed by atoms with Crippen LogP contribution in [0.1, 0.15) is 21.6 Å².